The van der Waals surface area contributed by atoms with E-state index in [-0.39, 0.29) is 11.5 Å². The minimum absolute atomic E-state index is 0.197. The lowest BCUT2D eigenvalue weighted by molar-refractivity contribution is -0.0168. The summed E-state index contributed by atoms with van der Waals surface area (Å²) < 4.78 is 11.1. The fourth-order valence-corrected chi connectivity index (χ4v) is 2.15. The smallest absolute Gasteiger partial charge is 0.257 e. The van der Waals surface area contributed by atoms with E-state index in [0.717, 1.165) is 5.56 Å². The molecule has 0 spiro atoms. The zero-order valence-corrected chi connectivity index (χ0v) is 15.7. The van der Waals surface area contributed by atoms with Gasteiger partial charge in [0, 0.05) is 23.0 Å². The normalized spacial score (nSPS) is 11.2. The number of nitrogens with zero attached hydrogens (tertiary/aromatic N) is 1. The molecule has 0 radical (unpaired) electrons. The third-order valence-electron chi connectivity index (χ3n) is 3.30. The minimum Gasteiger partial charge on any atom is -0.475 e. The van der Waals surface area contributed by atoms with Crippen LogP contribution < -0.4 is 10.1 Å². The van der Waals surface area contributed by atoms with Crippen LogP contribution in [0.1, 0.15) is 36.7 Å². The Morgan fingerprint density at radius 3 is 2.56 bits per heavy atom. The van der Waals surface area contributed by atoms with Crippen molar-refractivity contribution < 1.29 is 14.3 Å². The van der Waals surface area contributed by atoms with E-state index in [4.69, 9.17) is 21.1 Å². The number of anilines is 1. The van der Waals surface area contributed by atoms with Crippen LogP contribution in [0.25, 0.3) is 0 Å². The van der Waals surface area contributed by atoms with Crippen molar-refractivity contribution in [3.63, 3.8) is 0 Å². The maximum Gasteiger partial charge on any atom is 0.257 e. The van der Waals surface area contributed by atoms with Crippen LogP contribution in [0.4, 0.5) is 5.69 Å². The van der Waals surface area contributed by atoms with Gasteiger partial charge in [-0.3, -0.25) is 4.79 Å². The van der Waals surface area contributed by atoms with Crippen molar-refractivity contribution in [2.75, 3.05) is 18.5 Å². The van der Waals surface area contributed by atoms with Crippen molar-refractivity contribution in [2.24, 2.45) is 0 Å². The van der Waals surface area contributed by atoms with Crippen LogP contribution in [0.15, 0.2) is 36.5 Å². The summed E-state index contributed by atoms with van der Waals surface area (Å²) in [7, 11) is 0. The van der Waals surface area contributed by atoms with E-state index in [1.165, 1.54) is 6.20 Å². The zero-order chi connectivity index (χ0) is 18.4. The number of carbonyl (C=O) groups is 1. The molecule has 1 aromatic carbocycles. The Morgan fingerprint density at radius 2 is 1.96 bits per heavy atom. The number of pyridine rings is 1. The molecule has 2 aromatic rings. The van der Waals surface area contributed by atoms with Crippen LogP contribution in [0.3, 0.4) is 0 Å². The van der Waals surface area contributed by atoms with Crippen LogP contribution in [-0.4, -0.2) is 29.7 Å². The molecule has 0 aliphatic carbocycles. The maximum atomic E-state index is 12.2. The molecule has 0 aliphatic rings. The van der Waals surface area contributed by atoms with Gasteiger partial charge in [0.15, 0.2) is 0 Å². The number of carbonyl (C=O) groups excluding carboxylic acids is 1. The van der Waals surface area contributed by atoms with Gasteiger partial charge in [-0.15, -0.1) is 0 Å². The molecular formula is C19H23ClN2O3. The number of hydrogen-bond acceptors (Lipinski definition) is 4. The largest absolute Gasteiger partial charge is 0.475 e. The average molecular weight is 363 g/mol. The third kappa shape index (κ3) is 6.36. The molecule has 25 heavy (non-hydrogen) atoms. The second-order valence-corrected chi connectivity index (χ2v) is 7.02. The summed E-state index contributed by atoms with van der Waals surface area (Å²) in [6, 6.07) is 8.70. The van der Waals surface area contributed by atoms with Gasteiger partial charge in [-0.1, -0.05) is 17.7 Å². The molecule has 1 amide bonds. The lowest BCUT2D eigenvalue weighted by atomic mass is 10.2. The molecule has 1 N–H and O–H groups in total. The summed E-state index contributed by atoms with van der Waals surface area (Å²) in [5, 5.41) is 3.40. The molecule has 0 saturated carbocycles. The number of benzene rings is 1. The van der Waals surface area contributed by atoms with Gasteiger partial charge in [0.1, 0.15) is 6.61 Å². The number of rotatable bonds is 6. The van der Waals surface area contributed by atoms with E-state index in [1.54, 1.807) is 24.3 Å². The quantitative estimate of drug-likeness (QED) is 0.769. The Bertz CT molecular complexity index is 724. The van der Waals surface area contributed by atoms with Crippen LogP contribution in [0.2, 0.25) is 5.02 Å². The van der Waals surface area contributed by atoms with Gasteiger partial charge in [0.2, 0.25) is 5.88 Å². The first-order chi connectivity index (χ1) is 11.7. The van der Waals surface area contributed by atoms with Gasteiger partial charge < -0.3 is 14.8 Å². The van der Waals surface area contributed by atoms with Crippen molar-refractivity contribution >= 4 is 23.2 Å². The molecular weight excluding hydrogens is 340 g/mol. The summed E-state index contributed by atoms with van der Waals surface area (Å²) in [6.07, 6.45) is 1.48. The molecule has 0 atom stereocenters. The maximum absolute atomic E-state index is 12.2. The SMILES string of the molecule is Cc1ccc(NC(=O)c2ccc(OCCOC(C)(C)C)nc2)cc1Cl. The first-order valence-electron chi connectivity index (χ1n) is 8.05. The second kappa shape index (κ2) is 8.32. The molecule has 1 aromatic heterocycles. The summed E-state index contributed by atoms with van der Waals surface area (Å²) in [5.74, 6) is 0.197. The highest BCUT2D eigenvalue weighted by molar-refractivity contribution is 6.31. The monoisotopic (exact) mass is 362 g/mol. The van der Waals surface area contributed by atoms with Crippen molar-refractivity contribution in [2.45, 2.75) is 33.3 Å². The van der Waals surface area contributed by atoms with E-state index in [2.05, 4.69) is 10.3 Å². The molecule has 6 heteroatoms. The second-order valence-electron chi connectivity index (χ2n) is 6.61. The Hall–Kier alpha value is -2.11. The third-order valence-corrected chi connectivity index (χ3v) is 3.70. The average Bonchev–Trinajstić information content (AvgIpc) is 2.55. The highest BCUT2D eigenvalue weighted by Gasteiger charge is 2.10. The van der Waals surface area contributed by atoms with E-state index in [9.17, 15) is 4.79 Å². The van der Waals surface area contributed by atoms with Gasteiger partial charge >= 0.3 is 0 Å². The van der Waals surface area contributed by atoms with E-state index >= 15 is 0 Å². The van der Waals surface area contributed by atoms with Crippen LogP contribution in [-0.2, 0) is 4.74 Å². The van der Waals surface area contributed by atoms with Gasteiger partial charge in [-0.05, 0) is 51.5 Å². The number of nitrogens with one attached hydrogen (secondary N) is 1. The summed E-state index contributed by atoms with van der Waals surface area (Å²) >= 11 is 6.06. The van der Waals surface area contributed by atoms with Gasteiger partial charge in [0.05, 0.1) is 17.8 Å². The molecule has 2 rings (SSSR count). The van der Waals surface area contributed by atoms with E-state index in [0.29, 0.717) is 35.4 Å². The molecule has 0 bridgehead atoms. The number of ether oxygens (including phenoxy) is 2. The summed E-state index contributed by atoms with van der Waals surface area (Å²) in [6.45, 7) is 8.74. The summed E-state index contributed by atoms with van der Waals surface area (Å²) in [5.41, 5.74) is 1.84. The van der Waals surface area contributed by atoms with Gasteiger partial charge in [-0.2, -0.15) is 0 Å². The van der Waals surface area contributed by atoms with E-state index < -0.39 is 0 Å². The Labute approximate surface area is 153 Å². The topological polar surface area (TPSA) is 60.5 Å². The van der Waals surface area contributed by atoms with Crippen LogP contribution >= 0.6 is 11.6 Å². The number of aromatic nitrogens is 1. The predicted octanol–water partition coefficient (Wildman–Crippen LogP) is 4.49. The zero-order valence-electron chi connectivity index (χ0n) is 14.9. The number of hydrogen-bond donors (Lipinski definition) is 1. The Kier molecular flexibility index (Phi) is 6.39. The Morgan fingerprint density at radius 1 is 1.20 bits per heavy atom. The molecule has 0 aliphatic heterocycles. The van der Waals surface area contributed by atoms with Gasteiger partial charge in [-0.25, -0.2) is 4.98 Å². The summed E-state index contributed by atoms with van der Waals surface area (Å²) in [4.78, 5) is 16.4. The fourth-order valence-electron chi connectivity index (χ4n) is 1.97. The molecule has 0 fully saturated rings. The van der Waals surface area contributed by atoms with Crippen molar-refractivity contribution in [1.29, 1.82) is 0 Å². The molecule has 5 nitrogen and oxygen atoms in total. The minimum atomic E-state index is -0.255. The standard InChI is InChI=1S/C19H23ClN2O3/c1-13-5-7-15(11-16(13)20)22-18(23)14-6-8-17(21-12-14)24-9-10-25-19(2,3)4/h5-8,11-12H,9-10H2,1-4H3,(H,22,23). The van der Waals surface area contributed by atoms with Crippen molar-refractivity contribution in [3.05, 3.63) is 52.7 Å². The predicted molar refractivity (Wildman–Crippen MR) is 99.6 cm³/mol. The lowest BCUT2D eigenvalue weighted by Crippen LogP contribution is -2.22. The number of aryl methyl sites for hydroxylation is 1. The van der Waals surface area contributed by atoms with Crippen molar-refractivity contribution in [3.8, 4) is 5.88 Å². The molecule has 0 saturated heterocycles. The highest BCUT2D eigenvalue weighted by Crippen LogP contribution is 2.20. The highest BCUT2D eigenvalue weighted by atomic mass is 35.5. The fraction of sp³-hybridized carbons (Fsp3) is 0.368. The van der Waals surface area contributed by atoms with Crippen LogP contribution in [0.5, 0.6) is 5.88 Å². The lowest BCUT2D eigenvalue weighted by Gasteiger charge is -2.19. The number of halogens is 1. The number of amides is 1. The first-order valence-corrected chi connectivity index (χ1v) is 8.43. The van der Waals surface area contributed by atoms with E-state index in [1.807, 2.05) is 33.8 Å². The molecule has 1 heterocycles. The molecule has 0 unspecified atom stereocenters. The first kappa shape index (κ1) is 19.2. The Balaban J connectivity index is 1.88. The molecule has 134 valence electrons. The van der Waals surface area contributed by atoms with Crippen LogP contribution in [0, 0.1) is 6.92 Å². The van der Waals surface area contributed by atoms with Crippen molar-refractivity contribution in [1.82, 2.24) is 4.98 Å². The van der Waals surface area contributed by atoms with Gasteiger partial charge in [0.25, 0.3) is 5.91 Å².